The van der Waals surface area contributed by atoms with Crippen LogP contribution >= 0.6 is 11.8 Å². The molecule has 0 spiro atoms. The third-order valence-corrected chi connectivity index (χ3v) is 3.04. The molecule has 15 heavy (non-hydrogen) atoms. The summed E-state index contributed by atoms with van der Waals surface area (Å²) in [5.74, 6) is 0.0225. The summed E-state index contributed by atoms with van der Waals surface area (Å²) in [5, 5.41) is 9.59. The van der Waals surface area contributed by atoms with Crippen LogP contribution in [0.15, 0.2) is 17.2 Å². The Morgan fingerprint density at radius 1 is 1.53 bits per heavy atom. The molecule has 4 heteroatoms. The fraction of sp³-hybridized carbons (Fsp3) is 0.455. The summed E-state index contributed by atoms with van der Waals surface area (Å²) in [6.07, 6.45) is 2.20. The van der Waals surface area contributed by atoms with Crippen LogP contribution < -0.4 is 0 Å². The molecular formula is C11H15NO2S. The third-order valence-electron chi connectivity index (χ3n) is 1.97. The molecule has 0 saturated carbocycles. The lowest BCUT2D eigenvalue weighted by Gasteiger charge is -2.05. The van der Waals surface area contributed by atoms with Crippen LogP contribution in [0, 0.1) is 6.92 Å². The molecule has 0 aromatic carbocycles. The van der Waals surface area contributed by atoms with E-state index in [4.69, 9.17) is 5.11 Å². The summed E-state index contributed by atoms with van der Waals surface area (Å²) in [5.41, 5.74) is 1.17. The van der Waals surface area contributed by atoms with Crippen molar-refractivity contribution in [1.29, 1.82) is 0 Å². The number of nitrogens with zero attached hydrogens (tertiary/aromatic N) is 1. The number of aryl methyl sites for hydroxylation is 1. The number of rotatable bonds is 5. The summed E-state index contributed by atoms with van der Waals surface area (Å²) in [6.45, 7) is 3.98. The third kappa shape index (κ3) is 3.55. The first kappa shape index (κ1) is 12.0. The Morgan fingerprint density at radius 2 is 2.27 bits per heavy atom. The first-order valence-electron chi connectivity index (χ1n) is 4.99. The number of thioether (sulfide) groups is 1. The number of pyridine rings is 1. The molecular weight excluding hydrogens is 210 g/mol. The monoisotopic (exact) mass is 225 g/mol. The predicted molar refractivity (Wildman–Crippen MR) is 61.6 cm³/mol. The fourth-order valence-corrected chi connectivity index (χ4v) is 2.26. The normalized spacial score (nSPS) is 10.3. The molecule has 1 rings (SSSR count). The van der Waals surface area contributed by atoms with E-state index in [2.05, 4.69) is 11.9 Å². The quantitative estimate of drug-likeness (QED) is 0.618. The highest BCUT2D eigenvalue weighted by molar-refractivity contribution is 7.99. The number of carbonyl (C=O) groups is 1. The Hall–Kier alpha value is -1.03. The minimum atomic E-state index is -0.901. The van der Waals surface area contributed by atoms with Gasteiger partial charge in [0.25, 0.3) is 0 Å². The van der Waals surface area contributed by atoms with Crippen molar-refractivity contribution in [3.63, 3.8) is 0 Å². The van der Waals surface area contributed by atoms with Gasteiger partial charge in [-0.3, -0.25) is 0 Å². The maximum atomic E-state index is 10.9. The van der Waals surface area contributed by atoms with Crippen molar-refractivity contribution < 1.29 is 9.90 Å². The molecule has 0 aliphatic rings. The highest BCUT2D eigenvalue weighted by Crippen LogP contribution is 2.22. The van der Waals surface area contributed by atoms with Crippen molar-refractivity contribution in [2.45, 2.75) is 31.7 Å². The molecule has 1 aromatic heterocycles. The highest BCUT2D eigenvalue weighted by Gasteiger charge is 2.11. The molecule has 0 aliphatic heterocycles. The molecule has 0 fully saturated rings. The van der Waals surface area contributed by atoms with Gasteiger partial charge in [-0.15, -0.1) is 11.8 Å². The zero-order valence-electron chi connectivity index (χ0n) is 8.99. The number of aromatic carboxylic acids is 1. The second kappa shape index (κ2) is 5.75. The smallest absolute Gasteiger partial charge is 0.338 e. The molecule has 0 radical (unpaired) electrons. The van der Waals surface area contributed by atoms with Crippen LogP contribution in [0.25, 0.3) is 0 Å². The molecule has 1 N–H and O–H groups in total. The standard InChI is InChI=1S/C11H15NO2S/c1-3-4-7-15-10-9(11(13)14)6-5-8(2)12-10/h5-6H,3-4,7H2,1-2H3,(H,13,14). The molecule has 0 atom stereocenters. The molecule has 1 heterocycles. The number of hydrogen-bond donors (Lipinski definition) is 1. The molecule has 0 unspecified atom stereocenters. The highest BCUT2D eigenvalue weighted by atomic mass is 32.2. The minimum Gasteiger partial charge on any atom is -0.478 e. The zero-order valence-corrected chi connectivity index (χ0v) is 9.80. The van der Waals surface area contributed by atoms with E-state index in [0.29, 0.717) is 10.6 Å². The summed E-state index contributed by atoms with van der Waals surface area (Å²) in [6, 6.07) is 3.35. The van der Waals surface area contributed by atoms with E-state index in [1.807, 2.05) is 6.92 Å². The fourth-order valence-electron chi connectivity index (χ4n) is 1.12. The van der Waals surface area contributed by atoms with Crippen molar-refractivity contribution >= 4 is 17.7 Å². The van der Waals surface area contributed by atoms with Crippen LogP contribution in [0.4, 0.5) is 0 Å². The number of carboxylic acids is 1. The van der Waals surface area contributed by atoms with Gasteiger partial charge in [0, 0.05) is 5.69 Å². The minimum absolute atomic E-state index is 0.307. The molecule has 3 nitrogen and oxygen atoms in total. The van der Waals surface area contributed by atoms with E-state index in [-0.39, 0.29) is 0 Å². The van der Waals surface area contributed by atoms with Crippen LogP contribution in [0.1, 0.15) is 35.8 Å². The molecule has 82 valence electrons. The Morgan fingerprint density at radius 3 is 2.87 bits per heavy atom. The van der Waals surface area contributed by atoms with Crippen molar-refractivity contribution in [3.05, 3.63) is 23.4 Å². The first-order valence-corrected chi connectivity index (χ1v) is 5.97. The number of aromatic nitrogens is 1. The Kier molecular flexibility index (Phi) is 4.62. The van der Waals surface area contributed by atoms with Crippen molar-refractivity contribution in [2.75, 3.05) is 5.75 Å². The molecule has 0 saturated heterocycles. The molecule has 0 amide bonds. The van der Waals surface area contributed by atoms with Crippen LogP contribution in [-0.2, 0) is 0 Å². The summed E-state index contributed by atoms with van der Waals surface area (Å²) in [4.78, 5) is 15.2. The van der Waals surface area contributed by atoms with Crippen molar-refractivity contribution in [3.8, 4) is 0 Å². The summed E-state index contributed by atoms with van der Waals surface area (Å²) >= 11 is 1.52. The van der Waals surface area contributed by atoms with Crippen LogP contribution in [0.3, 0.4) is 0 Å². The number of unbranched alkanes of at least 4 members (excludes halogenated alkanes) is 1. The van der Waals surface area contributed by atoms with Gasteiger partial charge in [0.15, 0.2) is 0 Å². The van der Waals surface area contributed by atoms with Gasteiger partial charge in [-0.25, -0.2) is 9.78 Å². The average molecular weight is 225 g/mol. The van der Waals surface area contributed by atoms with E-state index in [9.17, 15) is 4.79 Å². The van der Waals surface area contributed by atoms with E-state index < -0.39 is 5.97 Å². The van der Waals surface area contributed by atoms with Gasteiger partial charge in [0.1, 0.15) is 5.03 Å². The van der Waals surface area contributed by atoms with E-state index >= 15 is 0 Å². The van der Waals surface area contributed by atoms with Gasteiger partial charge >= 0.3 is 5.97 Å². The summed E-state index contributed by atoms with van der Waals surface area (Å²) in [7, 11) is 0. The maximum absolute atomic E-state index is 10.9. The molecule has 1 aromatic rings. The van der Waals surface area contributed by atoms with Gasteiger partial charge in [0.2, 0.25) is 0 Å². The Balaban J connectivity index is 2.82. The van der Waals surface area contributed by atoms with Crippen LogP contribution in [0.5, 0.6) is 0 Å². The Labute approximate surface area is 93.9 Å². The van der Waals surface area contributed by atoms with Gasteiger partial charge in [0.05, 0.1) is 5.56 Å². The first-order chi connectivity index (χ1) is 7.15. The van der Waals surface area contributed by atoms with Gasteiger partial charge in [-0.05, 0) is 31.2 Å². The molecule has 0 bridgehead atoms. The largest absolute Gasteiger partial charge is 0.478 e. The van der Waals surface area contributed by atoms with Crippen LogP contribution in [0.2, 0.25) is 0 Å². The van der Waals surface area contributed by atoms with E-state index in [1.54, 1.807) is 12.1 Å². The van der Waals surface area contributed by atoms with Gasteiger partial charge < -0.3 is 5.11 Å². The van der Waals surface area contributed by atoms with Gasteiger partial charge in [-0.2, -0.15) is 0 Å². The predicted octanol–water partition coefficient (Wildman–Crippen LogP) is 2.98. The lowest BCUT2D eigenvalue weighted by atomic mass is 10.2. The van der Waals surface area contributed by atoms with E-state index in [0.717, 1.165) is 24.3 Å². The molecule has 0 aliphatic carbocycles. The summed E-state index contributed by atoms with van der Waals surface area (Å²) < 4.78 is 0. The zero-order chi connectivity index (χ0) is 11.3. The van der Waals surface area contributed by atoms with Crippen LogP contribution in [-0.4, -0.2) is 21.8 Å². The lowest BCUT2D eigenvalue weighted by Crippen LogP contribution is -2.02. The lowest BCUT2D eigenvalue weighted by molar-refractivity contribution is 0.0692. The average Bonchev–Trinajstić information content (AvgIpc) is 2.18. The topological polar surface area (TPSA) is 50.2 Å². The van der Waals surface area contributed by atoms with Crippen molar-refractivity contribution in [2.24, 2.45) is 0 Å². The second-order valence-corrected chi connectivity index (χ2v) is 4.40. The van der Waals surface area contributed by atoms with E-state index in [1.165, 1.54) is 11.8 Å². The SMILES string of the molecule is CCCCSc1nc(C)ccc1C(=O)O. The second-order valence-electron chi connectivity index (χ2n) is 3.31. The van der Waals surface area contributed by atoms with Crippen molar-refractivity contribution in [1.82, 2.24) is 4.98 Å². The van der Waals surface area contributed by atoms with Gasteiger partial charge in [-0.1, -0.05) is 13.3 Å². The Bertz CT molecular complexity index is 352. The number of hydrogen-bond acceptors (Lipinski definition) is 3. The number of carboxylic acid groups (broad SMARTS) is 1. The maximum Gasteiger partial charge on any atom is 0.338 e.